The van der Waals surface area contributed by atoms with Crippen LogP contribution in [0.5, 0.6) is 0 Å². The molecule has 0 aromatic rings. The molecule has 0 aromatic carbocycles. The number of rotatable bonds is 9. The molecule has 0 aliphatic heterocycles. The topological polar surface area (TPSA) is 18.5 Å². The van der Waals surface area contributed by atoms with Crippen molar-refractivity contribution in [2.24, 2.45) is 5.92 Å². The molecule has 0 aliphatic carbocycles. The minimum Gasteiger partial charge on any atom is -0.359 e. The lowest BCUT2D eigenvalue weighted by Gasteiger charge is -2.42. The molecular weight excluding hydrogens is 359 g/mol. The second-order valence-corrected chi connectivity index (χ2v) is 4.71. The number of allylic oxidation sites excluding steroid dienone is 2. The standard InChI is InChI=1S/C13H15F9O2/c1-3-4-5-8(6-9(14)10(15)16)11(12(17,18)19,13(20,21)22)24-7-23-2/h3,8H,1,4-7H2,2H3. The van der Waals surface area contributed by atoms with Gasteiger partial charge in [0.05, 0.1) is 0 Å². The van der Waals surface area contributed by atoms with Crippen LogP contribution in [0.15, 0.2) is 24.6 Å². The minimum atomic E-state index is -6.05. The van der Waals surface area contributed by atoms with E-state index in [2.05, 4.69) is 16.1 Å². The fraction of sp³-hybridized carbons (Fsp3) is 0.692. The molecule has 0 heterocycles. The van der Waals surface area contributed by atoms with Crippen LogP contribution in [0.3, 0.4) is 0 Å². The summed E-state index contributed by atoms with van der Waals surface area (Å²) in [6.07, 6.45) is -17.3. The van der Waals surface area contributed by atoms with E-state index in [-0.39, 0.29) is 0 Å². The van der Waals surface area contributed by atoms with Gasteiger partial charge in [-0.15, -0.1) is 6.58 Å². The summed E-state index contributed by atoms with van der Waals surface area (Å²) in [5, 5.41) is 0. The Balaban J connectivity index is 6.22. The van der Waals surface area contributed by atoms with Gasteiger partial charge in [0.1, 0.15) is 6.79 Å². The molecule has 2 nitrogen and oxygen atoms in total. The van der Waals surface area contributed by atoms with Gasteiger partial charge in [-0.1, -0.05) is 6.08 Å². The summed E-state index contributed by atoms with van der Waals surface area (Å²) >= 11 is 0. The summed E-state index contributed by atoms with van der Waals surface area (Å²) in [6, 6.07) is 0. The van der Waals surface area contributed by atoms with Crippen LogP contribution in [0.25, 0.3) is 0 Å². The average Bonchev–Trinajstić information content (AvgIpc) is 2.41. The molecule has 0 saturated heterocycles. The van der Waals surface area contributed by atoms with E-state index in [9.17, 15) is 39.5 Å². The molecule has 0 bridgehead atoms. The summed E-state index contributed by atoms with van der Waals surface area (Å²) in [6.45, 7) is 1.71. The maximum Gasteiger partial charge on any atom is 0.426 e. The molecule has 1 atom stereocenters. The van der Waals surface area contributed by atoms with E-state index < -0.39 is 61.8 Å². The van der Waals surface area contributed by atoms with E-state index in [1.807, 2.05) is 0 Å². The molecule has 0 spiro atoms. The molecule has 0 amide bonds. The van der Waals surface area contributed by atoms with Crippen molar-refractivity contribution in [3.8, 4) is 0 Å². The normalized spacial score (nSPS) is 14.4. The first-order valence-corrected chi connectivity index (χ1v) is 6.42. The zero-order valence-corrected chi connectivity index (χ0v) is 12.4. The Labute approximate surface area is 131 Å². The van der Waals surface area contributed by atoms with E-state index in [1.54, 1.807) is 0 Å². The summed E-state index contributed by atoms with van der Waals surface area (Å²) in [5.41, 5.74) is -4.87. The highest BCUT2D eigenvalue weighted by atomic mass is 19.4. The highest BCUT2D eigenvalue weighted by Crippen LogP contribution is 2.53. The van der Waals surface area contributed by atoms with Crippen molar-refractivity contribution < 1.29 is 49.0 Å². The first-order valence-electron chi connectivity index (χ1n) is 6.42. The fourth-order valence-electron chi connectivity index (χ4n) is 2.12. The van der Waals surface area contributed by atoms with Gasteiger partial charge in [0.2, 0.25) is 0 Å². The van der Waals surface area contributed by atoms with Crippen molar-refractivity contribution in [3.63, 3.8) is 0 Å². The van der Waals surface area contributed by atoms with Gasteiger partial charge in [-0.3, -0.25) is 0 Å². The molecule has 0 fully saturated rings. The van der Waals surface area contributed by atoms with Gasteiger partial charge < -0.3 is 9.47 Å². The lowest BCUT2D eigenvalue weighted by molar-refractivity contribution is -0.408. The lowest BCUT2D eigenvalue weighted by atomic mass is 9.79. The molecule has 0 radical (unpaired) electrons. The summed E-state index contributed by atoms with van der Waals surface area (Å²) < 4.78 is 125. The molecule has 0 saturated carbocycles. The van der Waals surface area contributed by atoms with Crippen LogP contribution in [0.2, 0.25) is 0 Å². The van der Waals surface area contributed by atoms with Crippen molar-refractivity contribution >= 4 is 0 Å². The van der Waals surface area contributed by atoms with Crippen molar-refractivity contribution in [2.45, 2.75) is 37.2 Å². The van der Waals surface area contributed by atoms with Gasteiger partial charge in [0.25, 0.3) is 5.60 Å². The second-order valence-electron chi connectivity index (χ2n) is 4.71. The molecular formula is C13H15F9O2. The zero-order chi connectivity index (χ0) is 19.2. The Morgan fingerprint density at radius 2 is 1.54 bits per heavy atom. The SMILES string of the molecule is C=CCCC(CC(F)=C(F)F)C(OCOC)(C(F)(F)F)C(F)(F)F. The molecule has 11 heteroatoms. The minimum absolute atomic E-state index is 0.407. The smallest absolute Gasteiger partial charge is 0.359 e. The Hall–Kier alpha value is -1.23. The first kappa shape index (κ1) is 22.8. The van der Waals surface area contributed by atoms with E-state index in [0.717, 1.165) is 13.2 Å². The molecule has 142 valence electrons. The number of alkyl halides is 6. The van der Waals surface area contributed by atoms with E-state index in [1.165, 1.54) is 0 Å². The van der Waals surface area contributed by atoms with Gasteiger partial charge in [-0.2, -0.15) is 35.1 Å². The zero-order valence-electron chi connectivity index (χ0n) is 12.4. The van der Waals surface area contributed by atoms with Crippen molar-refractivity contribution in [1.29, 1.82) is 0 Å². The van der Waals surface area contributed by atoms with Crippen LogP contribution in [0.1, 0.15) is 19.3 Å². The third-order valence-corrected chi connectivity index (χ3v) is 3.17. The summed E-state index contributed by atoms with van der Waals surface area (Å²) in [4.78, 5) is 0. The van der Waals surface area contributed by atoms with Gasteiger partial charge in [-0.25, -0.2) is 4.39 Å². The Morgan fingerprint density at radius 1 is 1.04 bits per heavy atom. The largest absolute Gasteiger partial charge is 0.426 e. The van der Waals surface area contributed by atoms with Crippen molar-refractivity contribution in [1.82, 2.24) is 0 Å². The lowest BCUT2D eigenvalue weighted by Crippen LogP contribution is -2.63. The average molecular weight is 374 g/mol. The number of ether oxygens (including phenoxy) is 2. The second kappa shape index (κ2) is 8.75. The van der Waals surface area contributed by atoms with Crippen LogP contribution < -0.4 is 0 Å². The van der Waals surface area contributed by atoms with Gasteiger partial charge in [-0.05, 0) is 12.8 Å². The predicted molar refractivity (Wildman–Crippen MR) is 65.7 cm³/mol. The molecule has 0 aliphatic rings. The Morgan fingerprint density at radius 3 is 1.88 bits per heavy atom. The molecule has 24 heavy (non-hydrogen) atoms. The van der Waals surface area contributed by atoms with E-state index >= 15 is 0 Å². The third kappa shape index (κ3) is 5.13. The quantitative estimate of drug-likeness (QED) is 0.301. The van der Waals surface area contributed by atoms with Crippen LogP contribution in [-0.4, -0.2) is 31.9 Å². The molecule has 0 aromatic heterocycles. The maximum atomic E-state index is 13.3. The summed E-state index contributed by atoms with van der Waals surface area (Å²) in [5.74, 6) is -5.07. The van der Waals surface area contributed by atoms with Crippen LogP contribution in [0, 0.1) is 5.92 Å². The van der Waals surface area contributed by atoms with Crippen molar-refractivity contribution in [2.75, 3.05) is 13.9 Å². The molecule has 0 N–H and O–H groups in total. The Kier molecular flexibility index (Phi) is 8.30. The van der Waals surface area contributed by atoms with Crippen LogP contribution >= 0.6 is 0 Å². The maximum absolute atomic E-state index is 13.3. The number of hydrogen-bond donors (Lipinski definition) is 0. The van der Waals surface area contributed by atoms with Crippen LogP contribution in [0.4, 0.5) is 39.5 Å². The van der Waals surface area contributed by atoms with Gasteiger partial charge >= 0.3 is 18.4 Å². The third-order valence-electron chi connectivity index (χ3n) is 3.17. The predicted octanol–water partition coefficient (Wildman–Crippen LogP) is 5.52. The first-order chi connectivity index (χ1) is 10.8. The monoisotopic (exact) mass is 374 g/mol. The highest BCUT2D eigenvalue weighted by molar-refractivity contribution is 5.06. The molecule has 0 rings (SSSR count). The Bertz CT molecular complexity index is 422. The van der Waals surface area contributed by atoms with Crippen LogP contribution in [-0.2, 0) is 9.47 Å². The van der Waals surface area contributed by atoms with Crippen molar-refractivity contribution in [3.05, 3.63) is 24.6 Å². The van der Waals surface area contributed by atoms with Gasteiger partial charge in [0.15, 0.2) is 5.83 Å². The van der Waals surface area contributed by atoms with E-state index in [4.69, 9.17) is 0 Å². The van der Waals surface area contributed by atoms with Gasteiger partial charge in [0, 0.05) is 19.4 Å². The number of halogens is 9. The highest BCUT2D eigenvalue weighted by Gasteiger charge is 2.75. The van der Waals surface area contributed by atoms with E-state index in [0.29, 0.717) is 0 Å². The number of methoxy groups -OCH3 is 1. The molecule has 1 unspecified atom stereocenters. The fourth-order valence-corrected chi connectivity index (χ4v) is 2.12. The summed E-state index contributed by atoms with van der Waals surface area (Å²) in [7, 11) is 0.776. The number of hydrogen-bond acceptors (Lipinski definition) is 2.